The van der Waals surface area contributed by atoms with Gasteiger partial charge in [-0.2, -0.15) is 26.3 Å². The van der Waals surface area contributed by atoms with Crippen LogP contribution in [0.4, 0.5) is 26.3 Å². The molecule has 1 saturated carbocycles. The van der Waals surface area contributed by atoms with E-state index in [-0.39, 0.29) is 18.4 Å². The predicted molar refractivity (Wildman–Crippen MR) is 80.3 cm³/mol. The summed E-state index contributed by atoms with van der Waals surface area (Å²) in [6.45, 7) is -1.84. The van der Waals surface area contributed by atoms with Gasteiger partial charge in [-0.25, -0.2) is 0 Å². The normalized spacial score (nSPS) is 32.2. The van der Waals surface area contributed by atoms with E-state index in [2.05, 4.69) is 5.32 Å². The van der Waals surface area contributed by atoms with Gasteiger partial charge in [0.05, 0.1) is 6.04 Å². The molecule has 1 amide bonds. The Balaban J connectivity index is 0.00000225. The van der Waals surface area contributed by atoms with Gasteiger partial charge in [0.2, 0.25) is 5.91 Å². The lowest BCUT2D eigenvalue weighted by Crippen LogP contribution is -2.53. The van der Waals surface area contributed by atoms with Gasteiger partial charge in [0, 0.05) is 19.1 Å². The molecule has 3 fully saturated rings. The topological polar surface area (TPSA) is 32.3 Å². The largest absolute Gasteiger partial charge is 0.404 e. The first-order chi connectivity index (χ1) is 11.1. The summed E-state index contributed by atoms with van der Waals surface area (Å²) in [7, 11) is 0. The summed E-state index contributed by atoms with van der Waals surface area (Å²) in [6, 6.07) is -0.499. The number of nitrogens with one attached hydrogen (secondary N) is 1. The van der Waals surface area contributed by atoms with Crippen LogP contribution in [0.3, 0.4) is 0 Å². The molecule has 3 aliphatic rings. The highest BCUT2D eigenvalue weighted by Gasteiger charge is 2.73. The Hall–Kier alpha value is -0.700. The van der Waals surface area contributed by atoms with Gasteiger partial charge in [-0.3, -0.25) is 4.79 Å². The molecule has 2 heterocycles. The van der Waals surface area contributed by atoms with E-state index in [1.165, 1.54) is 0 Å². The van der Waals surface area contributed by atoms with Crippen LogP contribution >= 0.6 is 12.4 Å². The third-order valence-electron chi connectivity index (χ3n) is 5.83. The molecule has 2 saturated heterocycles. The van der Waals surface area contributed by atoms with Crippen LogP contribution in [0.25, 0.3) is 0 Å². The molecule has 3 rings (SSSR count). The van der Waals surface area contributed by atoms with Crippen LogP contribution in [0.2, 0.25) is 0 Å². The van der Waals surface area contributed by atoms with Crippen molar-refractivity contribution in [3.05, 3.63) is 0 Å². The average Bonchev–Trinajstić information content (AvgIpc) is 3.10. The zero-order valence-corrected chi connectivity index (χ0v) is 14.2. The Morgan fingerprint density at radius 1 is 1.04 bits per heavy atom. The van der Waals surface area contributed by atoms with Gasteiger partial charge in [0.25, 0.3) is 0 Å². The van der Waals surface area contributed by atoms with Crippen LogP contribution in [0.1, 0.15) is 38.5 Å². The molecular weight excluding hydrogens is 374 g/mol. The second kappa shape index (κ2) is 6.79. The summed E-state index contributed by atoms with van der Waals surface area (Å²) in [6.07, 6.45) is -7.51. The molecule has 0 bridgehead atoms. The van der Waals surface area contributed by atoms with E-state index in [0.717, 1.165) is 30.6 Å². The summed E-state index contributed by atoms with van der Waals surface area (Å²) in [5, 5.41) is 3.12. The predicted octanol–water partition coefficient (Wildman–Crippen LogP) is 3.67. The van der Waals surface area contributed by atoms with Gasteiger partial charge in [-0.15, -0.1) is 12.4 Å². The van der Waals surface area contributed by atoms with Crippen LogP contribution in [0.5, 0.6) is 0 Å². The molecule has 0 aromatic heterocycles. The monoisotopic (exact) mass is 394 g/mol. The number of nitrogens with zero attached hydrogens (tertiary/aromatic N) is 1. The first kappa shape index (κ1) is 20.6. The van der Waals surface area contributed by atoms with Gasteiger partial charge >= 0.3 is 12.4 Å². The molecule has 146 valence electrons. The SMILES string of the molecule is Cl.O=C(C1CC2CCCCC2N1)N1CCC(C(F)(F)F)(C(F)(F)F)C1. The maximum atomic E-state index is 13.1. The second-order valence-electron chi connectivity index (χ2n) is 7.19. The fourth-order valence-electron chi connectivity index (χ4n) is 4.35. The highest BCUT2D eigenvalue weighted by Crippen LogP contribution is 2.55. The number of carbonyl (C=O) groups excluding carboxylic acids is 1. The fraction of sp³-hybridized carbons (Fsp3) is 0.933. The standard InChI is InChI=1S/C15H20F6N2O.ClH/c16-14(17,18)13(15(19,20)21)5-6-23(8-13)12(24)11-7-9-3-1-2-4-10(9)22-11;/h9-11,22H,1-8H2;1H. The van der Waals surface area contributed by atoms with Crippen LogP contribution < -0.4 is 5.32 Å². The number of halogens is 7. The number of hydrogen-bond donors (Lipinski definition) is 1. The number of hydrogen-bond acceptors (Lipinski definition) is 2. The second-order valence-corrected chi connectivity index (χ2v) is 7.19. The van der Waals surface area contributed by atoms with E-state index in [1.807, 2.05) is 0 Å². The maximum absolute atomic E-state index is 13.1. The first-order valence-corrected chi connectivity index (χ1v) is 8.23. The van der Waals surface area contributed by atoms with Crippen molar-refractivity contribution >= 4 is 18.3 Å². The van der Waals surface area contributed by atoms with Crippen molar-refractivity contribution in [3.8, 4) is 0 Å². The molecule has 1 N–H and O–H groups in total. The van der Waals surface area contributed by atoms with Crippen molar-refractivity contribution in [2.75, 3.05) is 13.1 Å². The lowest BCUT2D eigenvalue weighted by atomic mass is 9.85. The molecule has 3 atom stereocenters. The Morgan fingerprint density at radius 3 is 2.16 bits per heavy atom. The average molecular weight is 395 g/mol. The third kappa shape index (κ3) is 3.46. The molecule has 0 aromatic carbocycles. The Bertz CT molecular complexity index is 481. The van der Waals surface area contributed by atoms with E-state index in [1.54, 1.807) is 0 Å². The van der Waals surface area contributed by atoms with E-state index >= 15 is 0 Å². The lowest BCUT2D eigenvalue weighted by molar-refractivity contribution is -0.334. The molecule has 0 radical (unpaired) electrons. The van der Waals surface area contributed by atoms with Gasteiger partial charge < -0.3 is 10.2 Å². The fourth-order valence-corrected chi connectivity index (χ4v) is 4.35. The Morgan fingerprint density at radius 2 is 1.64 bits per heavy atom. The van der Waals surface area contributed by atoms with Crippen molar-refractivity contribution in [2.24, 2.45) is 11.3 Å². The summed E-state index contributed by atoms with van der Waals surface area (Å²) in [5.74, 6) is -0.329. The van der Waals surface area contributed by atoms with Crippen LogP contribution in [-0.4, -0.2) is 48.3 Å². The number of rotatable bonds is 1. The van der Waals surface area contributed by atoms with Crippen LogP contribution in [-0.2, 0) is 4.79 Å². The molecule has 10 heteroatoms. The molecule has 1 aliphatic carbocycles. The number of alkyl halides is 6. The van der Waals surface area contributed by atoms with Crippen molar-refractivity contribution in [3.63, 3.8) is 0 Å². The van der Waals surface area contributed by atoms with Crippen molar-refractivity contribution in [2.45, 2.75) is 63.0 Å². The maximum Gasteiger partial charge on any atom is 0.404 e. The van der Waals surface area contributed by atoms with Crippen molar-refractivity contribution in [1.82, 2.24) is 10.2 Å². The third-order valence-corrected chi connectivity index (χ3v) is 5.83. The zero-order valence-electron chi connectivity index (χ0n) is 13.4. The minimum Gasteiger partial charge on any atom is -0.340 e. The van der Waals surface area contributed by atoms with Crippen LogP contribution in [0, 0.1) is 11.3 Å². The molecule has 2 aliphatic heterocycles. The first-order valence-electron chi connectivity index (χ1n) is 8.23. The van der Waals surface area contributed by atoms with E-state index in [9.17, 15) is 31.1 Å². The smallest absolute Gasteiger partial charge is 0.340 e. The molecule has 0 spiro atoms. The van der Waals surface area contributed by atoms with Gasteiger partial charge in [-0.1, -0.05) is 12.8 Å². The molecule has 3 unspecified atom stereocenters. The highest BCUT2D eigenvalue weighted by molar-refractivity contribution is 5.85. The quantitative estimate of drug-likeness (QED) is 0.688. The lowest BCUT2D eigenvalue weighted by Gasteiger charge is -2.33. The minimum absolute atomic E-state index is 0. The highest BCUT2D eigenvalue weighted by atomic mass is 35.5. The molecular formula is C15H21ClF6N2O. The van der Waals surface area contributed by atoms with Gasteiger partial charge in [0.15, 0.2) is 5.41 Å². The van der Waals surface area contributed by atoms with Crippen molar-refractivity contribution in [1.29, 1.82) is 0 Å². The number of carbonyl (C=O) groups is 1. The van der Waals surface area contributed by atoms with Gasteiger partial charge in [0.1, 0.15) is 0 Å². The van der Waals surface area contributed by atoms with E-state index in [0.29, 0.717) is 12.3 Å². The van der Waals surface area contributed by atoms with Crippen LogP contribution in [0.15, 0.2) is 0 Å². The summed E-state index contributed by atoms with van der Waals surface area (Å²) >= 11 is 0. The summed E-state index contributed by atoms with van der Waals surface area (Å²) in [4.78, 5) is 13.2. The minimum atomic E-state index is -5.42. The Kier molecular flexibility index (Phi) is 5.60. The zero-order chi connectivity index (χ0) is 17.8. The van der Waals surface area contributed by atoms with Crippen molar-refractivity contribution < 1.29 is 31.1 Å². The number of fused-ring (bicyclic) bond motifs is 1. The summed E-state index contributed by atoms with van der Waals surface area (Å²) in [5.41, 5.74) is -3.80. The summed E-state index contributed by atoms with van der Waals surface area (Å²) < 4.78 is 78.6. The molecule has 0 aromatic rings. The Labute approximate surface area is 147 Å². The van der Waals surface area contributed by atoms with E-state index in [4.69, 9.17) is 0 Å². The molecule has 3 nitrogen and oxygen atoms in total. The number of amides is 1. The van der Waals surface area contributed by atoms with E-state index < -0.39 is 49.2 Å². The van der Waals surface area contributed by atoms with Gasteiger partial charge in [-0.05, 0) is 31.6 Å². The number of likely N-dealkylation sites (tertiary alicyclic amines) is 1. The molecule has 25 heavy (non-hydrogen) atoms.